The first-order chi connectivity index (χ1) is 14.2. The van der Waals surface area contributed by atoms with E-state index in [2.05, 4.69) is 0 Å². The van der Waals surface area contributed by atoms with Crippen molar-refractivity contribution in [1.82, 2.24) is 0 Å². The van der Waals surface area contributed by atoms with Gasteiger partial charge < -0.3 is 19.3 Å². The van der Waals surface area contributed by atoms with E-state index >= 15 is 0 Å². The van der Waals surface area contributed by atoms with Gasteiger partial charge in [0.05, 0.1) is 37.0 Å². The lowest BCUT2D eigenvalue weighted by molar-refractivity contribution is 0.414. The molecule has 0 spiro atoms. The van der Waals surface area contributed by atoms with E-state index in [9.17, 15) is 0 Å². The molecule has 0 heterocycles. The van der Waals surface area contributed by atoms with Gasteiger partial charge in [0.15, 0.2) is 0 Å². The second-order valence-electron chi connectivity index (χ2n) is 5.24. The summed E-state index contributed by atoms with van der Waals surface area (Å²) in [5.41, 5.74) is 5.45. The van der Waals surface area contributed by atoms with Crippen LogP contribution in [0.15, 0.2) is 48.5 Å². The normalized spacial score (nSPS) is 10.3. The average molecular weight is 521 g/mol. The minimum absolute atomic E-state index is 0.774. The number of ether oxygens (including phenoxy) is 2. The maximum Gasteiger partial charge on any atom is 0.119 e. The predicted octanol–water partition coefficient (Wildman–Crippen LogP) is 7.17. The van der Waals surface area contributed by atoms with Crippen LogP contribution in [0.4, 0.5) is 11.4 Å². The average Bonchev–Trinajstić information content (AvgIpc) is 2.78. The molecular formula is C18H20N2O2S7. The van der Waals surface area contributed by atoms with Gasteiger partial charge in [0, 0.05) is 11.4 Å². The molecule has 2 rings (SSSR count). The van der Waals surface area contributed by atoms with Gasteiger partial charge in [-0.05, 0) is 78.0 Å². The third kappa shape index (κ3) is 8.68. The van der Waals surface area contributed by atoms with Gasteiger partial charge >= 0.3 is 0 Å². The molecule has 0 amide bonds. The molecule has 0 bridgehead atoms. The van der Waals surface area contributed by atoms with Crippen LogP contribution in [0.1, 0.15) is 0 Å². The molecule has 29 heavy (non-hydrogen) atoms. The Morgan fingerprint density at radius 2 is 1.07 bits per heavy atom. The van der Waals surface area contributed by atoms with Crippen LogP contribution < -0.4 is 19.3 Å². The van der Waals surface area contributed by atoms with E-state index in [-0.39, 0.29) is 0 Å². The van der Waals surface area contributed by atoms with Crippen LogP contribution in [0.2, 0.25) is 0 Å². The summed E-state index contributed by atoms with van der Waals surface area (Å²) in [5, 5.41) is 0. The van der Waals surface area contributed by atoms with Crippen molar-refractivity contribution in [3.8, 4) is 11.5 Å². The van der Waals surface area contributed by atoms with Crippen molar-refractivity contribution >= 4 is 97.9 Å². The summed E-state index contributed by atoms with van der Waals surface area (Å²) in [5.74, 6) is 3.22. The summed E-state index contributed by atoms with van der Waals surface area (Å²) >= 11 is 10.3. The van der Waals surface area contributed by atoms with E-state index in [1.807, 2.05) is 58.3 Å². The van der Waals surface area contributed by atoms with E-state index < -0.39 is 0 Å². The Morgan fingerprint density at radius 1 is 0.690 bits per heavy atom. The lowest BCUT2D eigenvalue weighted by Gasteiger charge is -2.19. The molecule has 2 aromatic carbocycles. The third-order valence-corrected chi connectivity index (χ3v) is 12.5. The largest absolute Gasteiger partial charge is 0.497 e. The number of nitrogens with zero attached hydrogens (tertiary/aromatic N) is 2. The molecule has 0 aliphatic heterocycles. The maximum absolute atomic E-state index is 5.19. The van der Waals surface area contributed by atoms with Gasteiger partial charge in [-0.2, -0.15) is 0 Å². The number of methoxy groups -OCH3 is 2. The van der Waals surface area contributed by atoms with Crippen LogP contribution in [-0.2, 0) is 0 Å². The Kier molecular flexibility index (Phi) is 12.5. The van der Waals surface area contributed by atoms with Crippen molar-refractivity contribution in [2.75, 3.05) is 35.8 Å². The van der Waals surface area contributed by atoms with E-state index in [1.54, 1.807) is 76.3 Å². The van der Waals surface area contributed by atoms with Crippen molar-refractivity contribution in [3.05, 3.63) is 48.5 Å². The lowest BCUT2D eigenvalue weighted by Crippen LogP contribution is -2.18. The molecule has 0 saturated carbocycles. The van der Waals surface area contributed by atoms with Gasteiger partial charge in [0.2, 0.25) is 0 Å². The monoisotopic (exact) mass is 520 g/mol. The van der Waals surface area contributed by atoms with E-state index in [0.717, 1.165) is 34.6 Å². The summed E-state index contributed by atoms with van der Waals surface area (Å²) < 4.78 is 10.4. The molecule has 0 N–H and O–H groups in total. The highest BCUT2D eigenvalue weighted by molar-refractivity contribution is 9.35. The minimum Gasteiger partial charge on any atom is -0.497 e. The standard InChI is InChI=1S/C18H20N2O2S7/c1-21-17-7-3-15(4-8-17)19(11-23)13-25-27-29-28-26-14-20(12-24)16-5-9-18(22-2)10-6-16/h3-12H,13-14H2,1-2H3. The molecule has 0 radical (unpaired) electrons. The molecule has 11 heteroatoms. The van der Waals surface area contributed by atoms with Crippen LogP contribution in [0, 0.1) is 0 Å². The number of benzene rings is 2. The summed E-state index contributed by atoms with van der Waals surface area (Å²) in [4.78, 5) is 4.06. The van der Waals surface area contributed by atoms with Crippen LogP contribution >= 0.6 is 75.5 Å². The second-order valence-corrected chi connectivity index (χ2v) is 13.4. The molecule has 156 valence electrons. The number of anilines is 2. The molecule has 0 atom stereocenters. The topological polar surface area (TPSA) is 24.9 Å². The van der Waals surface area contributed by atoms with E-state index in [0.29, 0.717) is 0 Å². The number of hydrogen-bond acceptors (Lipinski definition) is 9. The summed E-state index contributed by atoms with van der Waals surface area (Å²) in [6.45, 7) is 0. The highest BCUT2D eigenvalue weighted by Gasteiger charge is 2.07. The summed E-state index contributed by atoms with van der Waals surface area (Å²) in [7, 11) is 12.0. The van der Waals surface area contributed by atoms with Crippen molar-refractivity contribution in [2.24, 2.45) is 0 Å². The van der Waals surface area contributed by atoms with Crippen LogP contribution in [-0.4, -0.2) is 37.0 Å². The van der Waals surface area contributed by atoms with Crippen molar-refractivity contribution in [2.45, 2.75) is 0 Å². The van der Waals surface area contributed by atoms with Gasteiger partial charge in [-0.1, -0.05) is 46.0 Å². The summed E-state index contributed by atoms with van der Waals surface area (Å²) in [6, 6.07) is 15.8. The number of thiocarbonyl (C=S) groups is 2. The van der Waals surface area contributed by atoms with Gasteiger partial charge in [-0.25, -0.2) is 0 Å². The Morgan fingerprint density at radius 3 is 1.38 bits per heavy atom. The molecule has 0 aromatic heterocycles. The SMILES string of the molecule is COc1ccc(N(C=S)CSSSSSCN(C=S)c2ccc(OC)cc2)cc1. The highest BCUT2D eigenvalue weighted by Crippen LogP contribution is 2.49. The van der Waals surface area contributed by atoms with Crippen LogP contribution in [0.5, 0.6) is 11.5 Å². The smallest absolute Gasteiger partial charge is 0.119 e. The van der Waals surface area contributed by atoms with Gasteiger partial charge in [-0.3, -0.25) is 0 Å². The molecular weight excluding hydrogens is 501 g/mol. The zero-order chi connectivity index (χ0) is 20.9. The zero-order valence-corrected chi connectivity index (χ0v) is 21.5. The van der Waals surface area contributed by atoms with Crippen LogP contribution in [0.3, 0.4) is 0 Å². The second kappa shape index (κ2) is 14.6. The first-order valence-electron chi connectivity index (χ1n) is 8.18. The zero-order valence-electron chi connectivity index (χ0n) is 15.8. The molecule has 0 aliphatic carbocycles. The first-order valence-corrected chi connectivity index (χ1v) is 15.6. The molecule has 0 unspecified atom stereocenters. The predicted molar refractivity (Wildman–Crippen MR) is 146 cm³/mol. The van der Waals surface area contributed by atoms with Crippen molar-refractivity contribution < 1.29 is 9.47 Å². The van der Waals surface area contributed by atoms with Crippen LogP contribution in [0.25, 0.3) is 0 Å². The minimum atomic E-state index is 0.774. The molecule has 0 fully saturated rings. The number of rotatable bonds is 14. The molecule has 0 saturated heterocycles. The lowest BCUT2D eigenvalue weighted by atomic mass is 10.3. The first kappa shape index (κ1) is 24.8. The Balaban J connectivity index is 1.65. The molecule has 4 nitrogen and oxygen atoms in total. The highest BCUT2D eigenvalue weighted by atomic mass is 33.8. The van der Waals surface area contributed by atoms with E-state index in [4.69, 9.17) is 33.9 Å². The molecule has 0 aliphatic rings. The van der Waals surface area contributed by atoms with E-state index in [1.165, 1.54) is 0 Å². The van der Waals surface area contributed by atoms with Gasteiger partial charge in [0.1, 0.15) is 11.5 Å². The summed E-state index contributed by atoms with van der Waals surface area (Å²) in [6.07, 6.45) is 0. The van der Waals surface area contributed by atoms with Crippen molar-refractivity contribution in [3.63, 3.8) is 0 Å². The van der Waals surface area contributed by atoms with Crippen molar-refractivity contribution in [1.29, 1.82) is 0 Å². The quantitative estimate of drug-likeness (QED) is 0.110. The maximum atomic E-state index is 5.19. The Bertz CT molecular complexity index is 683. The Labute approximate surface area is 201 Å². The third-order valence-electron chi connectivity index (χ3n) is 3.60. The fourth-order valence-corrected chi connectivity index (χ4v) is 11.0. The number of hydrogen-bond donors (Lipinski definition) is 0. The van der Waals surface area contributed by atoms with Gasteiger partial charge in [0.25, 0.3) is 0 Å². The van der Waals surface area contributed by atoms with Gasteiger partial charge in [-0.15, -0.1) is 0 Å². The molecule has 2 aromatic rings. The fourth-order valence-electron chi connectivity index (χ4n) is 2.09. The Hall–Kier alpha value is -0.430. The fraction of sp³-hybridized carbons (Fsp3) is 0.222.